The number of carbonyl (C=O) groups is 3. The molecule has 0 aliphatic carbocycles. The van der Waals surface area contributed by atoms with Crippen LogP contribution in [0.4, 0.5) is 0 Å². The number of hydrogen-bond donors (Lipinski definition) is 1. The Balaban J connectivity index is 0.00000384. The van der Waals surface area contributed by atoms with E-state index in [9.17, 15) is 19.5 Å². The molecule has 47 heavy (non-hydrogen) atoms. The average Bonchev–Trinajstić information content (AvgIpc) is 3.04. The van der Waals surface area contributed by atoms with Crippen LogP contribution in [0.25, 0.3) is 12.2 Å². The van der Waals surface area contributed by atoms with E-state index in [-0.39, 0.29) is 65.2 Å². The fraction of sp³-hybridized carbons (Fsp3) is 0.114. The second-order valence-electron chi connectivity index (χ2n) is 9.63. The Hall–Kier alpha value is -4.57. The van der Waals surface area contributed by atoms with Gasteiger partial charge in [-0.2, -0.15) is 9.13 Å². The number of nitrogens with zero attached hydrogens (tertiary/aromatic N) is 2. The zero-order valence-electron chi connectivity index (χ0n) is 25.9. The van der Waals surface area contributed by atoms with Gasteiger partial charge in [0.1, 0.15) is 19.9 Å². The first kappa shape index (κ1) is 38.6. The molecule has 2 heterocycles. The van der Waals surface area contributed by atoms with E-state index in [4.69, 9.17) is 18.9 Å². The molecule has 4 rings (SSSR count). The van der Waals surface area contributed by atoms with Gasteiger partial charge in [0.25, 0.3) is 11.4 Å². The van der Waals surface area contributed by atoms with Crippen LogP contribution in [0.2, 0.25) is 0 Å². The van der Waals surface area contributed by atoms with Crippen molar-refractivity contribution in [3.8, 4) is 23.0 Å². The number of aliphatic hydroxyl groups is 1. The number of aryl methyl sites for hydroxylation is 2. The lowest BCUT2D eigenvalue weighted by Crippen LogP contribution is -3.00. The molecule has 1 N–H and O–H groups in total. The largest absolute Gasteiger partial charge is 1.00 e. The van der Waals surface area contributed by atoms with Gasteiger partial charge in [-0.1, -0.05) is 24.3 Å². The molecule has 2 aromatic heterocycles. The van der Waals surface area contributed by atoms with Crippen LogP contribution in [0.3, 0.4) is 0 Å². The molecule has 0 saturated heterocycles. The highest BCUT2D eigenvalue weighted by molar-refractivity contribution is 6.02. The molecule has 12 heteroatoms. The number of ether oxygens (including phenoxy) is 4. The lowest BCUT2D eigenvalue weighted by atomic mass is 10.1. The number of ketones is 1. The molecule has 4 aromatic rings. The van der Waals surface area contributed by atoms with Crippen LogP contribution in [-0.2, 0) is 18.9 Å². The van der Waals surface area contributed by atoms with E-state index in [0.29, 0.717) is 34.0 Å². The molecule has 0 aliphatic rings. The Labute approximate surface area is 306 Å². The Bertz CT molecular complexity index is 1840. The van der Waals surface area contributed by atoms with Crippen LogP contribution in [0.15, 0.2) is 109 Å². The van der Waals surface area contributed by atoms with E-state index in [0.717, 1.165) is 6.08 Å². The molecule has 0 fully saturated rings. The highest BCUT2D eigenvalue weighted by Gasteiger charge is 2.21. The summed E-state index contributed by atoms with van der Waals surface area (Å²) in [6, 6.07) is 20.1. The van der Waals surface area contributed by atoms with Crippen molar-refractivity contribution < 1.29 is 95.5 Å². The third kappa shape index (κ3) is 10.7. The highest BCUT2D eigenvalue weighted by atomic mass is 127. The Morgan fingerprint density at radius 1 is 0.638 bits per heavy atom. The highest BCUT2D eigenvalue weighted by Crippen LogP contribution is 2.30. The smallest absolute Gasteiger partial charge is 0.409 e. The van der Waals surface area contributed by atoms with Gasteiger partial charge in [-0.15, -0.1) is 0 Å². The van der Waals surface area contributed by atoms with Crippen molar-refractivity contribution in [2.24, 2.45) is 14.1 Å². The van der Waals surface area contributed by atoms with Gasteiger partial charge in [-0.3, -0.25) is 4.79 Å². The van der Waals surface area contributed by atoms with Crippen molar-refractivity contribution in [3.63, 3.8) is 0 Å². The van der Waals surface area contributed by atoms with Gasteiger partial charge in [-0.05, 0) is 59.7 Å². The lowest BCUT2D eigenvalue weighted by molar-refractivity contribution is -0.674. The minimum absolute atomic E-state index is 0. The third-order valence-electron chi connectivity index (χ3n) is 6.49. The number of allylic oxidation sites excluding steroid dienone is 3. The molecule has 0 bridgehead atoms. The lowest BCUT2D eigenvalue weighted by Gasteiger charge is -2.09. The minimum atomic E-state index is -0.543. The maximum absolute atomic E-state index is 12.6. The summed E-state index contributed by atoms with van der Waals surface area (Å²) >= 11 is 0. The monoisotopic (exact) mass is 862 g/mol. The quantitative estimate of drug-likeness (QED) is 0.0371. The number of methoxy groups -OCH3 is 2. The maximum Gasteiger partial charge on any atom is 0.409 e. The SMILES string of the molecule is COc1cc(/C=C/C(=O)/C=C(O)/C=C/c2ccc(OC(=O)c3cccc[n+]3C)c(OC)c2)ccc1OC(=O)c1cccc[n+]1C.[I-].[I-]. The number of hydrogen-bond acceptors (Lipinski definition) is 8. The summed E-state index contributed by atoms with van der Waals surface area (Å²) in [5.41, 5.74) is 1.98. The van der Waals surface area contributed by atoms with Crippen molar-refractivity contribution in [1.29, 1.82) is 0 Å². The Morgan fingerprint density at radius 2 is 1.09 bits per heavy atom. The van der Waals surface area contributed by atoms with Crippen LogP contribution in [0.5, 0.6) is 23.0 Å². The van der Waals surface area contributed by atoms with Crippen LogP contribution < -0.4 is 76.0 Å². The standard InChI is InChI=1S/C35H31N2O8.2HI/c1-36-19-7-5-9-28(36)34(40)44-30-17-13-24(21-32(30)42-3)11-15-26(38)23-27(39)16-12-25-14-18-31(33(22-25)43-4)45-35(41)29-10-6-8-20-37(29)2;;/h5-23H,1-4H3;2*1H/q+1;;/p-1/b15-11+,16-12+;;. The molecular weight excluding hydrogens is 830 g/mol. The summed E-state index contributed by atoms with van der Waals surface area (Å²) in [5.74, 6) is -0.732. The van der Waals surface area contributed by atoms with E-state index in [2.05, 4.69) is 0 Å². The summed E-state index contributed by atoms with van der Waals surface area (Å²) in [4.78, 5) is 37.6. The number of halogens is 2. The van der Waals surface area contributed by atoms with Crippen molar-refractivity contribution in [3.05, 3.63) is 132 Å². The molecule has 0 spiro atoms. The molecule has 244 valence electrons. The number of aromatic nitrogens is 2. The van der Waals surface area contributed by atoms with E-state index < -0.39 is 17.7 Å². The number of carbonyl (C=O) groups excluding carboxylic acids is 3. The molecule has 0 atom stereocenters. The number of benzene rings is 2. The van der Waals surface area contributed by atoms with Gasteiger partial charge in [-0.25, -0.2) is 9.59 Å². The molecule has 0 aliphatic heterocycles. The zero-order valence-corrected chi connectivity index (χ0v) is 30.2. The van der Waals surface area contributed by atoms with Gasteiger partial charge in [0.2, 0.25) is 0 Å². The van der Waals surface area contributed by atoms with E-state index >= 15 is 0 Å². The minimum Gasteiger partial charge on any atom is -1.00 e. The normalized spacial score (nSPS) is 10.9. The topological polar surface area (TPSA) is 116 Å². The second kappa shape index (κ2) is 18.5. The van der Waals surface area contributed by atoms with Crippen molar-refractivity contribution >= 4 is 29.9 Å². The van der Waals surface area contributed by atoms with E-state index in [1.54, 1.807) is 121 Å². The summed E-state index contributed by atoms with van der Waals surface area (Å²) in [7, 11) is 6.37. The molecule has 0 amide bonds. The number of esters is 2. The van der Waals surface area contributed by atoms with Gasteiger partial charge in [0.15, 0.2) is 41.2 Å². The molecule has 0 saturated carbocycles. The first-order chi connectivity index (χ1) is 21.7. The molecule has 0 unspecified atom stereocenters. The van der Waals surface area contributed by atoms with Crippen LogP contribution in [-0.4, -0.2) is 37.0 Å². The third-order valence-corrected chi connectivity index (χ3v) is 6.49. The van der Waals surface area contributed by atoms with Gasteiger partial charge >= 0.3 is 11.9 Å². The molecule has 0 radical (unpaired) electrons. The number of aliphatic hydroxyl groups excluding tert-OH is 1. The fourth-order valence-electron chi connectivity index (χ4n) is 4.12. The number of pyridine rings is 2. The Morgan fingerprint density at radius 3 is 1.51 bits per heavy atom. The van der Waals surface area contributed by atoms with Crippen molar-refractivity contribution in [1.82, 2.24) is 0 Å². The van der Waals surface area contributed by atoms with Gasteiger partial charge in [0.05, 0.1) is 14.2 Å². The summed E-state index contributed by atoms with van der Waals surface area (Å²) in [6.45, 7) is 0. The average molecular weight is 862 g/mol. The Kier molecular flexibility index (Phi) is 15.2. The predicted molar refractivity (Wildman–Crippen MR) is 165 cm³/mol. The van der Waals surface area contributed by atoms with Crippen LogP contribution in [0, 0.1) is 0 Å². The summed E-state index contributed by atoms with van der Waals surface area (Å²) < 4.78 is 25.0. The molecule has 10 nitrogen and oxygen atoms in total. The predicted octanol–water partition coefficient (Wildman–Crippen LogP) is -1.46. The molecular formula is C35H32I2N2O8. The van der Waals surface area contributed by atoms with Crippen LogP contribution in [0.1, 0.15) is 32.1 Å². The first-order valence-corrected chi connectivity index (χ1v) is 13.7. The summed E-state index contributed by atoms with van der Waals surface area (Å²) in [6.07, 6.45) is 10.3. The second-order valence-corrected chi connectivity index (χ2v) is 9.63. The zero-order chi connectivity index (χ0) is 32.3. The van der Waals surface area contributed by atoms with Crippen LogP contribution >= 0.6 is 0 Å². The maximum atomic E-state index is 12.6. The first-order valence-electron chi connectivity index (χ1n) is 13.7. The van der Waals surface area contributed by atoms with E-state index in [1.807, 2.05) is 0 Å². The van der Waals surface area contributed by atoms with Gasteiger partial charge < -0.3 is 72.0 Å². The number of rotatable bonds is 11. The van der Waals surface area contributed by atoms with E-state index in [1.165, 1.54) is 26.4 Å². The van der Waals surface area contributed by atoms with Crippen molar-refractivity contribution in [2.45, 2.75) is 0 Å². The fourth-order valence-corrected chi connectivity index (χ4v) is 4.12. The van der Waals surface area contributed by atoms with Crippen molar-refractivity contribution in [2.75, 3.05) is 14.2 Å². The van der Waals surface area contributed by atoms with Gasteiger partial charge in [0, 0.05) is 30.3 Å². The molecule has 2 aromatic carbocycles. The summed E-state index contributed by atoms with van der Waals surface area (Å²) in [5, 5.41) is 10.3.